The van der Waals surface area contributed by atoms with Crippen LogP contribution < -0.4 is 10.1 Å². The molecule has 0 aliphatic heterocycles. The molecule has 1 unspecified atom stereocenters. The van der Waals surface area contributed by atoms with Crippen LogP contribution in [0.1, 0.15) is 35.2 Å². The van der Waals surface area contributed by atoms with Gasteiger partial charge in [0.05, 0.1) is 0 Å². The molecule has 3 heteroatoms. The summed E-state index contributed by atoms with van der Waals surface area (Å²) < 4.78 is 19.8. The quantitative estimate of drug-likeness (QED) is 0.885. The van der Waals surface area contributed by atoms with Gasteiger partial charge in [0.2, 0.25) is 0 Å². The van der Waals surface area contributed by atoms with Gasteiger partial charge in [-0.1, -0.05) is 29.8 Å². The number of benzene rings is 2. The van der Waals surface area contributed by atoms with Crippen molar-refractivity contribution < 1.29 is 9.13 Å². The zero-order valence-corrected chi connectivity index (χ0v) is 13.0. The van der Waals surface area contributed by atoms with Gasteiger partial charge >= 0.3 is 0 Å². The number of hydrogen-bond acceptors (Lipinski definition) is 2. The molecule has 2 nitrogen and oxygen atoms in total. The Morgan fingerprint density at radius 2 is 1.90 bits per heavy atom. The highest BCUT2D eigenvalue weighted by molar-refractivity contribution is 5.33. The van der Waals surface area contributed by atoms with Gasteiger partial charge in [-0.2, -0.15) is 0 Å². The van der Waals surface area contributed by atoms with Gasteiger partial charge < -0.3 is 10.1 Å². The van der Waals surface area contributed by atoms with E-state index in [1.54, 1.807) is 6.07 Å². The summed E-state index contributed by atoms with van der Waals surface area (Å²) in [6, 6.07) is 11.3. The summed E-state index contributed by atoms with van der Waals surface area (Å²) in [6.45, 7) is 6.48. The van der Waals surface area contributed by atoms with Crippen LogP contribution in [0.3, 0.4) is 0 Å². The minimum absolute atomic E-state index is 0.0157. The Balaban J connectivity index is 2.10. The standard InChI is InChI=1S/C18H22FNO/c1-12-5-6-13(2)15(9-12)11-21-16-7-8-17(14(3)20-4)18(19)10-16/h5-10,14,20H,11H2,1-4H3. The summed E-state index contributed by atoms with van der Waals surface area (Å²) in [5.41, 5.74) is 4.16. The van der Waals surface area contributed by atoms with Crippen LogP contribution in [-0.4, -0.2) is 7.05 Å². The summed E-state index contributed by atoms with van der Waals surface area (Å²) >= 11 is 0. The molecule has 0 saturated carbocycles. The van der Waals surface area contributed by atoms with Gasteiger partial charge in [0.15, 0.2) is 0 Å². The Hall–Kier alpha value is -1.87. The van der Waals surface area contributed by atoms with Gasteiger partial charge in [-0.3, -0.25) is 0 Å². The monoisotopic (exact) mass is 287 g/mol. The van der Waals surface area contributed by atoms with E-state index in [4.69, 9.17) is 4.74 Å². The first-order chi connectivity index (χ1) is 10.0. The van der Waals surface area contributed by atoms with Crippen LogP contribution in [0.2, 0.25) is 0 Å². The minimum Gasteiger partial charge on any atom is -0.489 e. The maximum Gasteiger partial charge on any atom is 0.131 e. The van der Waals surface area contributed by atoms with E-state index in [9.17, 15) is 4.39 Å². The lowest BCUT2D eigenvalue weighted by Gasteiger charge is -2.14. The normalized spacial score (nSPS) is 12.2. The van der Waals surface area contributed by atoms with Crippen molar-refractivity contribution in [2.45, 2.75) is 33.4 Å². The SMILES string of the molecule is CNC(C)c1ccc(OCc2cc(C)ccc2C)cc1F. The maximum atomic E-state index is 14.0. The van der Waals surface area contributed by atoms with Gasteiger partial charge in [0.1, 0.15) is 18.2 Å². The van der Waals surface area contributed by atoms with Gasteiger partial charge in [-0.25, -0.2) is 4.39 Å². The van der Waals surface area contributed by atoms with E-state index in [1.807, 2.05) is 20.0 Å². The van der Waals surface area contributed by atoms with Crippen LogP contribution in [0.25, 0.3) is 0 Å². The fourth-order valence-corrected chi connectivity index (χ4v) is 2.22. The Morgan fingerprint density at radius 1 is 1.14 bits per heavy atom. The van der Waals surface area contributed by atoms with Crippen molar-refractivity contribution in [3.8, 4) is 5.75 Å². The summed E-state index contributed by atoms with van der Waals surface area (Å²) in [5.74, 6) is 0.316. The Labute approximate surface area is 126 Å². The average molecular weight is 287 g/mol. The van der Waals surface area contributed by atoms with Crippen LogP contribution >= 0.6 is 0 Å². The van der Waals surface area contributed by atoms with Crippen molar-refractivity contribution in [2.75, 3.05) is 7.05 Å². The molecule has 2 aromatic rings. The fourth-order valence-electron chi connectivity index (χ4n) is 2.22. The second-order valence-electron chi connectivity index (χ2n) is 5.41. The molecule has 0 aromatic heterocycles. The predicted molar refractivity (Wildman–Crippen MR) is 84.1 cm³/mol. The number of halogens is 1. The van der Waals surface area contributed by atoms with E-state index in [0.717, 1.165) is 5.56 Å². The first kappa shape index (κ1) is 15.5. The van der Waals surface area contributed by atoms with Crippen LogP contribution in [0.5, 0.6) is 5.75 Å². The molecular weight excluding hydrogens is 265 g/mol. The number of rotatable bonds is 5. The van der Waals surface area contributed by atoms with Crippen LogP contribution in [0, 0.1) is 19.7 Å². The van der Waals surface area contributed by atoms with Crippen LogP contribution in [0.4, 0.5) is 4.39 Å². The Bertz CT molecular complexity index is 625. The van der Waals surface area contributed by atoms with E-state index < -0.39 is 0 Å². The molecule has 0 bridgehead atoms. The fraction of sp³-hybridized carbons (Fsp3) is 0.333. The van der Waals surface area contributed by atoms with Gasteiger partial charge in [0, 0.05) is 17.7 Å². The molecule has 0 aliphatic carbocycles. The summed E-state index contributed by atoms with van der Waals surface area (Å²) in [7, 11) is 1.81. The molecular formula is C18H22FNO. The van der Waals surface area contributed by atoms with Crippen molar-refractivity contribution in [1.82, 2.24) is 5.32 Å². The highest BCUT2D eigenvalue weighted by Gasteiger charge is 2.10. The molecule has 0 heterocycles. The molecule has 1 N–H and O–H groups in total. The summed E-state index contributed by atoms with van der Waals surface area (Å²) in [5, 5.41) is 3.03. The zero-order valence-electron chi connectivity index (χ0n) is 13.0. The van der Waals surface area contributed by atoms with E-state index >= 15 is 0 Å². The molecule has 0 radical (unpaired) electrons. The molecule has 0 amide bonds. The smallest absolute Gasteiger partial charge is 0.131 e. The lowest BCUT2D eigenvalue weighted by Crippen LogP contribution is -2.13. The number of ether oxygens (including phenoxy) is 1. The first-order valence-corrected chi connectivity index (χ1v) is 7.17. The van der Waals surface area contributed by atoms with E-state index in [0.29, 0.717) is 17.9 Å². The molecule has 0 saturated heterocycles. The lowest BCUT2D eigenvalue weighted by atomic mass is 10.1. The third kappa shape index (κ3) is 3.82. The molecule has 2 rings (SSSR count). The molecule has 0 fully saturated rings. The van der Waals surface area contributed by atoms with Crippen molar-refractivity contribution >= 4 is 0 Å². The van der Waals surface area contributed by atoms with Crippen molar-refractivity contribution in [2.24, 2.45) is 0 Å². The summed E-state index contributed by atoms with van der Waals surface area (Å²) in [6.07, 6.45) is 0. The highest BCUT2D eigenvalue weighted by atomic mass is 19.1. The van der Waals surface area contributed by atoms with Gasteiger partial charge in [-0.15, -0.1) is 0 Å². The van der Waals surface area contributed by atoms with Gasteiger partial charge in [-0.05, 0) is 45.0 Å². The molecule has 112 valence electrons. The largest absolute Gasteiger partial charge is 0.489 e. The molecule has 0 spiro atoms. The summed E-state index contributed by atoms with van der Waals surface area (Å²) in [4.78, 5) is 0. The number of aryl methyl sites for hydroxylation is 2. The number of nitrogens with one attached hydrogen (secondary N) is 1. The van der Waals surface area contributed by atoms with Crippen LogP contribution in [0.15, 0.2) is 36.4 Å². The molecule has 2 aromatic carbocycles. The van der Waals surface area contributed by atoms with E-state index in [2.05, 4.69) is 37.4 Å². The molecule has 21 heavy (non-hydrogen) atoms. The predicted octanol–water partition coefficient (Wildman–Crippen LogP) is 4.30. The van der Waals surface area contributed by atoms with Crippen molar-refractivity contribution in [1.29, 1.82) is 0 Å². The van der Waals surface area contributed by atoms with Gasteiger partial charge in [0.25, 0.3) is 0 Å². The Kier molecular flexibility index (Phi) is 4.97. The highest BCUT2D eigenvalue weighted by Crippen LogP contribution is 2.23. The van der Waals surface area contributed by atoms with E-state index in [1.165, 1.54) is 17.2 Å². The average Bonchev–Trinajstić information content (AvgIpc) is 2.47. The molecule has 0 aliphatic rings. The minimum atomic E-state index is -0.240. The van der Waals surface area contributed by atoms with Crippen molar-refractivity contribution in [3.05, 3.63) is 64.5 Å². The third-order valence-electron chi connectivity index (χ3n) is 3.77. The third-order valence-corrected chi connectivity index (χ3v) is 3.77. The molecule has 1 atom stereocenters. The van der Waals surface area contributed by atoms with Crippen LogP contribution in [-0.2, 0) is 6.61 Å². The number of hydrogen-bond donors (Lipinski definition) is 1. The zero-order chi connectivity index (χ0) is 15.4. The van der Waals surface area contributed by atoms with E-state index in [-0.39, 0.29) is 11.9 Å². The Morgan fingerprint density at radius 3 is 2.57 bits per heavy atom. The lowest BCUT2D eigenvalue weighted by molar-refractivity contribution is 0.303. The van der Waals surface area contributed by atoms with Crippen molar-refractivity contribution in [3.63, 3.8) is 0 Å². The second-order valence-corrected chi connectivity index (χ2v) is 5.41. The first-order valence-electron chi connectivity index (χ1n) is 7.17. The topological polar surface area (TPSA) is 21.3 Å². The second kappa shape index (κ2) is 6.72. The maximum absolute atomic E-state index is 14.0.